The fourth-order valence-electron chi connectivity index (χ4n) is 1.41. The van der Waals surface area contributed by atoms with E-state index in [1.165, 1.54) is 6.07 Å². The number of aryl methyl sites for hydroxylation is 1. The van der Waals surface area contributed by atoms with E-state index < -0.39 is 0 Å². The maximum absolute atomic E-state index is 13.4. The second-order valence-electron chi connectivity index (χ2n) is 2.87. The van der Waals surface area contributed by atoms with Gasteiger partial charge in [0.05, 0.1) is 5.52 Å². The minimum atomic E-state index is -0.270. The van der Waals surface area contributed by atoms with Crippen molar-refractivity contribution in [3.8, 4) is 0 Å². The van der Waals surface area contributed by atoms with Crippen molar-refractivity contribution in [3.05, 3.63) is 32.7 Å². The molecule has 1 nitrogen and oxygen atoms in total. The molecule has 0 saturated heterocycles. The molecule has 0 aliphatic heterocycles. The van der Waals surface area contributed by atoms with E-state index in [0.29, 0.717) is 10.5 Å². The molecule has 0 aliphatic rings. The Kier molecular flexibility index (Phi) is 2.23. The monoisotopic (exact) mass is 309 g/mol. The van der Waals surface area contributed by atoms with E-state index in [0.717, 1.165) is 8.96 Å². The summed E-state index contributed by atoms with van der Waals surface area (Å²) in [4.78, 5) is 0. The fourth-order valence-corrected chi connectivity index (χ4v) is 2.44. The quantitative estimate of drug-likeness (QED) is 0.656. The van der Waals surface area contributed by atoms with Crippen LogP contribution >= 0.6 is 34.2 Å². The van der Waals surface area contributed by atoms with Crippen LogP contribution in [0, 0.1) is 9.39 Å². The molecule has 0 spiro atoms. The Morgan fingerprint density at radius 3 is 2.85 bits per heavy atom. The first-order chi connectivity index (χ1) is 6.09. The van der Waals surface area contributed by atoms with Crippen LogP contribution in [0.5, 0.6) is 0 Å². The molecule has 0 radical (unpaired) electrons. The van der Waals surface area contributed by atoms with Gasteiger partial charge in [-0.3, -0.25) is 0 Å². The predicted octanol–water partition coefficient (Wildman–Crippen LogP) is 3.58. The topological polar surface area (TPSA) is 4.93 Å². The average molecular weight is 310 g/mol. The summed E-state index contributed by atoms with van der Waals surface area (Å²) in [5.74, 6) is -0.270. The lowest BCUT2D eigenvalue weighted by atomic mass is 10.2. The zero-order valence-electron chi connectivity index (χ0n) is 6.81. The minimum absolute atomic E-state index is 0.270. The number of rotatable bonds is 0. The van der Waals surface area contributed by atoms with Gasteiger partial charge in [0.1, 0.15) is 5.82 Å². The summed E-state index contributed by atoms with van der Waals surface area (Å²) in [6, 6.07) is 3.11. The van der Waals surface area contributed by atoms with Crippen LogP contribution < -0.4 is 0 Å². The van der Waals surface area contributed by atoms with Crippen LogP contribution in [0.15, 0.2) is 18.3 Å². The molecule has 0 atom stereocenters. The largest absolute Gasteiger partial charge is 0.347 e. The number of fused-ring (bicyclic) bond motifs is 1. The van der Waals surface area contributed by atoms with Crippen LogP contribution in [0.2, 0.25) is 5.02 Å². The van der Waals surface area contributed by atoms with Gasteiger partial charge in [-0.25, -0.2) is 4.39 Å². The molecule has 2 aromatic rings. The van der Waals surface area contributed by atoms with Gasteiger partial charge in [-0.15, -0.1) is 0 Å². The highest BCUT2D eigenvalue weighted by Gasteiger charge is 2.09. The average Bonchev–Trinajstić information content (AvgIpc) is 2.27. The van der Waals surface area contributed by atoms with Gasteiger partial charge in [-0.05, 0) is 34.7 Å². The molecular weight excluding hydrogens is 303 g/mol. The zero-order valence-corrected chi connectivity index (χ0v) is 9.73. The molecule has 13 heavy (non-hydrogen) atoms. The highest BCUT2D eigenvalue weighted by molar-refractivity contribution is 14.1. The van der Waals surface area contributed by atoms with Crippen LogP contribution in [0.4, 0.5) is 4.39 Å². The first-order valence-electron chi connectivity index (χ1n) is 3.69. The standard InChI is InChI=1S/C9H6ClFIN/c1-13-4-8(12)6-2-5(10)3-7(11)9(6)13/h2-4H,1H3. The van der Waals surface area contributed by atoms with Gasteiger partial charge in [-0.2, -0.15) is 0 Å². The summed E-state index contributed by atoms with van der Waals surface area (Å²) in [5, 5.41) is 1.31. The first-order valence-corrected chi connectivity index (χ1v) is 5.15. The molecular formula is C9H6ClFIN. The Labute approximate surface area is 93.6 Å². The highest BCUT2D eigenvalue weighted by atomic mass is 127. The molecule has 4 heteroatoms. The Morgan fingerprint density at radius 2 is 2.15 bits per heavy atom. The molecule has 0 aliphatic carbocycles. The Hall–Kier alpha value is -0.290. The lowest BCUT2D eigenvalue weighted by molar-refractivity contribution is 0.632. The van der Waals surface area contributed by atoms with E-state index in [-0.39, 0.29) is 5.82 Å². The summed E-state index contributed by atoms with van der Waals surface area (Å²) in [7, 11) is 1.82. The van der Waals surface area contributed by atoms with E-state index in [4.69, 9.17) is 11.6 Å². The lowest BCUT2D eigenvalue weighted by Crippen LogP contribution is -1.87. The van der Waals surface area contributed by atoms with Crippen LogP contribution in [0.1, 0.15) is 0 Å². The van der Waals surface area contributed by atoms with Gasteiger partial charge in [0.2, 0.25) is 0 Å². The summed E-state index contributed by atoms with van der Waals surface area (Å²) >= 11 is 7.92. The summed E-state index contributed by atoms with van der Waals surface area (Å²) in [6.07, 6.45) is 1.88. The third-order valence-electron chi connectivity index (χ3n) is 1.95. The first kappa shape index (κ1) is 9.27. The molecule has 0 unspecified atom stereocenters. The molecule has 1 heterocycles. The molecule has 0 amide bonds. The minimum Gasteiger partial charge on any atom is -0.347 e. The van der Waals surface area contributed by atoms with Gasteiger partial charge in [0.15, 0.2) is 0 Å². The molecule has 1 aromatic heterocycles. The normalized spacial score (nSPS) is 11.1. The summed E-state index contributed by atoms with van der Waals surface area (Å²) < 4.78 is 16.2. The van der Waals surface area contributed by atoms with Crippen LogP contribution in [-0.2, 0) is 7.05 Å². The number of aromatic nitrogens is 1. The van der Waals surface area contributed by atoms with Gasteiger partial charge >= 0.3 is 0 Å². The fraction of sp³-hybridized carbons (Fsp3) is 0.111. The zero-order chi connectivity index (χ0) is 9.59. The van der Waals surface area contributed by atoms with Crippen molar-refractivity contribution in [3.63, 3.8) is 0 Å². The Balaban J connectivity index is 2.97. The molecule has 0 N–H and O–H groups in total. The van der Waals surface area contributed by atoms with Crippen molar-refractivity contribution in [1.29, 1.82) is 0 Å². The second kappa shape index (κ2) is 3.13. The molecule has 68 valence electrons. The van der Waals surface area contributed by atoms with E-state index in [1.807, 2.05) is 13.2 Å². The van der Waals surface area contributed by atoms with Crippen molar-refractivity contribution >= 4 is 45.1 Å². The van der Waals surface area contributed by atoms with E-state index in [9.17, 15) is 4.39 Å². The molecule has 0 bridgehead atoms. The maximum Gasteiger partial charge on any atom is 0.148 e. The number of hydrogen-bond acceptors (Lipinski definition) is 0. The third-order valence-corrected chi connectivity index (χ3v) is 3.02. The molecule has 2 rings (SSSR count). The predicted molar refractivity (Wildman–Crippen MR) is 60.6 cm³/mol. The van der Waals surface area contributed by atoms with Crippen molar-refractivity contribution < 1.29 is 4.39 Å². The molecule has 0 saturated carbocycles. The van der Waals surface area contributed by atoms with Gasteiger partial charge < -0.3 is 4.57 Å². The Bertz CT molecular complexity index is 478. The SMILES string of the molecule is Cn1cc(I)c2cc(Cl)cc(F)c21. The third kappa shape index (κ3) is 1.44. The number of benzene rings is 1. The summed E-state index contributed by atoms with van der Waals surface area (Å²) in [6.45, 7) is 0. The van der Waals surface area contributed by atoms with Crippen LogP contribution in [0.3, 0.4) is 0 Å². The maximum atomic E-state index is 13.4. The van der Waals surface area contributed by atoms with Gasteiger partial charge in [0, 0.05) is 27.2 Å². The highest BCUT2D eigenvalue weighted by Crippen LogP contribution is 2.27. The number of halogens is 3. The van der Waals surface area contributed by atoms with Crippen molar-refractivity contribution in [2.45, 2.75) is 0 Å². The van der Waals surface area contributed by atoms with E-state index in [2.05, 4.69) is 22.6 Å². The molecule has 0 fully saturated rings. The second-order valence-corrected chi connectivity index (χ2v) is 4.47. The van der Waals surface area contributed by atoms with Crippen molar-refractivity contribution in [1.82, 2.24) is 4.57 Å². The number of hydrogen-bond donors (Lipinski definition) is 0. The lowest BCUT2D eigenvalue weighted by Gasteiger charge is -1.98. The van der Waals surface area contributed by atoms with Crippen molar-refractivity contribution in [2.24, 2.45) is 7.05 Å². The van der Waals surface area contributed by atoms with Crippen LogP contribution in [-0.4, -0.2) is 4.57 Å². The Morgan fingerprint density at radius 1 is 1.46 bits per heavy atom. The summed E-state index contributed by atoms with van der Waals surface area (Å²) in [5.41, 5.74) is 0.605. The van der Waals surface area contributed by atoms with E-state index in [1.54, 1.807) is 10.6 Å². The van der Waals surface area contributed by atoms with Gasteiger partial charge in [-0.1, -0.05) is 11.6 Å². The van der Waals surface area contributed by atoms with Crippen LogP contribution in [0.25, 0.3) is 10.9 Å². The number of nitrogens with zero attached hydrogens (tertiary/aromatic N) is 1. The van der Waals surface area contributed by atoms with Gasteiger partial charge in [0.25, 0.3) is 0 Å². The van der Waals surface area contributed by atoms with E-state index >= 15 is 0 Å². The molecule has 1 aromatic carbocycles. The van der Waals surface area contributed by atoms with Crippen molar-refractivity contribution in [2.75, 3.05) is 0 Å². The smallest absolute Gasteiger partial charge is 0.148 e.